The summed E-state index contributed by atoms with van der Waals surface area (Å²) in [5.74, 6) is 0.159. The van der Waals surface area contributed by atoms with E-state index in [0.29, 0.717) is 6.54 Å². The number of carbonyl (C=O) groups is 1. The Morgan fingerprint density at radius 3 is 2.81 bits per heavy atom. The summed E-state index contributed by atoms with van der Waals surface area (Å²) >= 11 is 1.74. The number of hydrogen-bond acceptors (Lipinski definition) is 2. The molecule has 2 rings (SSSR count). The molecule has 16 heavy (non-hydrogen) atoms. The van der Waals surface area contributed by atoms with Crippen molar-refractivity contribution < 1.29 is 4.79 Å². The molecule has 1 amide bonds. The number of thiophene rings is 1. The van der Waals surface area contributed by atoms with Crippen LogP contribution in [0.3, 0.4) is 0 Å². The summed E-state index contributed by atoms with van der Waals surface area (Å²) in [7, 11) is 0. The second kappa shape index (κ2) is 4.66. The first kappa shape index (κ1) is 11.1. The minimum absolute atomic E-state index is 0.0504. The van der Waals surface area contributed by atoms with E-state index < -0.39 is 0 Å². The molecule has 0 saturated heterocycles. The molecule has 1 aromatic heterocycles. The molecule has 0 aliphatic heterocycles. The number of fused-ring (bicyclic) bond motifs is 1. The van der Waals surface area contributed by atoms with Gasteiger partial charge in [-0.05, 0) is 17.5 Å². The Balaban J connectivity index is 2.07. The summed E-state index contributed by atoms with van der Waals surface area (Å²) in [6, 6.07) is 10.4. The highest BCUT2D eigenvalue weighted by Gasteiger charge is 2.07. The zero-order chi connectivity index (χ0) is 11.5. The SMILES string of the molecule is CC(C)C(=O)NCc1cc2ccccc2s1. The van der Waals surface area contributed by atoms with Crippen molar-refractivity contribution in [3.05, 3.63) is 35.2 Å². The van der Waals surface area contributed by atoms with Crippen LogP contribution < -0.4 is 5.32 Å². The van der Waals surface area contributed by atoms with E-state index in [1.807, 2.05) is 26.0 Å². The summed E-state index contributed by atoms with van der Waals surface area (Å²) < 4.78 is 1.27. The third-order valence-electron chi connectivity index (χ3n) is 2.44. The number of nitrogens with one attached hydrogen (secondary N) is 1. The average Bonchev–Trinajstić information content (AvgIpc) is 2.68. The quantitative estimate of drug-likeness (QED) is 0.866. The highest BCUT2D eigenvalue weighted by atomic mass is 32.1. The molecule has 0 fully saturated rings. The third-order valence-corrected chi connectivity index (χ3v) is 3.55. The van der Waals surface area contributed by atoms with Crippen LogP contribution in [0.1, 0.15) is 18.7 Å². The van der Waals surface area contributed by atoms with E-state index in [4.69, 9.17) is 0 Å². The molecule has 0 atom stereocenters. The van der Waals surface area contributed by atoms with Gasteiger partial charge in [-0.3, -0.25) is 4.79 Å². The van der Waals surface area contributed by atoms with Gasteiger partial charge in [0, 0.05) is 15.5 Å². The largest absolute Gasteiger partial charge is 0.351 e. The number of rotatable bonds is 3. The van der Waals surface area contributed by atoms with Crippen molar-refractivity contribution in [3.8, 4) is 0 Å². The Morgan fingerprint density at radius 2 is 2.12 bits per heavy atom. The van der Waals surface area contributed by atoms with Crippen LogP contribution in [0, 0.1) is 5.92 Å². The molecule has 84 valence electrons. The lowest BCUT2D eigenvalue weighted by Gasteiger charge is -2.05. The van der Waals surface area contributed by atoms with Crippen molar-refractivity contribution in [1.29, 1.82) is 0 Å². The summed E-state index contributed by atoms with van der Waals surface area (Å²) in [6.45, 7) is 4.44. The van der Waals surface area contributed by atoms with Gasteiger partial charge in [0.25, 0.3) is 0 Å². The molecule has 2 aromatic rings. The van der Waals surface area contributed by atoms with Crippen molar-refractivity contribution in [2.75, 3.05) is 0 Å². The summed E-state index contributed by atoms with van der Waals surface area (Å²) in [4.78, 5) is 12.6. The molecule has 0 aliphatic rings. The van der Waals surface area contributed by atoms with Crippen LogP contribution in [-0.2, 0) is 11.3 Å². The lowest BCUT2D eigenvalue weighted by atomic mass is 10.2. The normalized spacial score (nSPS) is 10.9. The number of hydrogen-bond donors (Lipinski definition) is 1. The molecule has 1 aromatic carbocycles. The van der Waals surface area contributed by atoms with Crippen molar-refractivity contribution in [2.45, 2.75) is 20.4 Å². The Hall–Kier alpha value is -1.35. The fourth-order valence-electron chi connectivity index (χ4n) is 1.50. The first-order valence-electron chi connectivity index (χ1n) is 5.42. The highest BCUT2D eigenvalue weighted by molar-refractivity contribution is 7.19. The maximum absolute atomic E-state index is 11.4. The number of amides is 1. The van der Waals surface area contributed by atoms with Gasteiger partial charge in [-0.15, -0.1) is 11.3 Å². The van der Waals surface area contributed by atoms with E-state index in [-0.39, 0.29) is 11.8 Å². The van der Waals surface area contributed by atoms with E-state index in [9.17, 15) is 4.79 Å². The van der Waals surface area contributed by atoms with E-state index >= 15 is 0 Å². The molecular formula is C13H15NOS. The Kier molecular flexibility index (Phi) is 3.25. The molecule has 0 aliphatic carbocycles. The van der Waals surface area contributed by atoms with E-state index in [2.05, 4.69) is 23.5 Å². The second-order valence-corrected chi connectivity index (χ2v) is 5.29. The molecule has 0 unspecified atom stereocenters. The van der Waals surface area contributed by atoms with E-state index in [1.54, 1.807) is 11.3 Å². The topological polar surface area (TPSA) is 29.1 Å². The summed E-state index contributed by atoms with van der Waals surface area (Å²) in [5, 5.41) is 4.18. The van der Waals surface area contributed by atoms with Gasteiger partial charge in [0.1, 0.15) is 0 Å². The van der Waals surface area contributed by atoms with Gasteiger partial charge in [-0.2, -0.15) is 0 Å². The molecule has 1 heterocycles. The Labute approximate surface area is 99.3 Å². The fraction of sp³-hybridized carbons (Fsp3) is 0.308. The van der Waals surface area contributed by atoms with Gasteiger partial charge < -0.3 is 5.32 Å². The first-order chi connectivity index (χ1) is 7.66. The summed E-state index contributed by atoms with van der Waals surface area (Å²) in [6.07, 6.45) is 0. The zero-order valence-corrected chi connectivity index (χ0v) is 10.3. The monoisotopic (exact) mass is 233 g/mol. The molecule has 1 N–H and O–H groups in total. The van der Waals surface area contributed by atoms with Crippen LogP contribution >= 0.6 is 11.3 Å². The number of benzene rings is 1. The predicted octanol–water partition coefficient (Wildman–Crippen LogP) is 3.17. The standard InChI is InChI=1S/C13H15NOS/c1-9(2)13(15)14-8-11-7-10-5-3-4-6-12(10)16-11/h3-7,9H,8H2,1-2H3,(H,14,15). The van der Waals surface area contributed by atoms with Crippen LogP contribution in [0.4, 0.5) is 0 Å². The molecule has 0 radical (unpaired) electrons. The van der Waals surface area contributed by atoms with Crippen LogP contribution in [0.15, 0.2) is 30.3 Å². The highest BCUT2D eigenvalue weighted by Crippen LogP contribution is 2.24. The minimum atomic E-state index is 0.0504. The lowest BCUT2D eigenvalue weighted by Crippen LogP contribution is -2.26. The van der Waals surface area contributed by atoms with E-state index in [0.717, 1.165) is 0 Å². The number of carbonyl (C=O) groups excluding carboxylic acids is 1. The van der Waals surface area contributed by atoms with Gasteiger partial charge >= 0.3 is 0 Å². The molecule has 2 nitrogen and oxygen atoms in total. The smallest absolute Gasteiger partial charge is 0.222 e. The maximum Gasteiger partial charge on any atom is 0.222 e. The van der Waals surface area contributed by atoms with Crippen molar-refractivity contribution in [2.24, 2.45) is 5.92 Å². The van der Waals surface area contributed by atoms with Crippen LogP contribution in [-0.4, -0.2) is 5.91 Å². The van der Waals surface area contributed by atoms with E-state index in [1.165, 1.54) is 15.0 Å². The maximum atomic E-state index is 11.4. The minimum Gasteiger partial charge on any atom is -0.351 e. The molecule has 0 bridgehead atoms. The van der Waals surface area contributed by atoms with Gasteiger partial charge in [0.15, 0.2) is 0 Å². The molecule has 3 heteroatoms. The van der Waals surface area contributed by atoms with Crippen molar-refractivity contribution in [1.82, 2.24) is 5.32 Å². The third kappa shape index (κ3) is 2.42. The fourth-order valence-corrected chi connectivity index (χ4v) is 2.51. The summed E-state index contributed by atoms with van der Waals surface area (Å²) in [5.41, 5.74) is 0. The Morgan fingerprint density at radius 1 is 1.38 bits per heavy atom. The van der Waals surface area contributed by atoms with Crippen molar-refractivity contribution in [3.63, 3.8) is 0 Å². The van der Waals surface area contributed by atoms with Crippen LogP contribution in [0.5, 0.6) is 0 Å². The first-order valence-corrected chi connectivity index (χ1v) is 6.23. The van der Waals surface area contributed by atoms with Gasteiger partial charge in [-0.25, -0.2) is 0 Å². The zero-order valence-electron chi connectivity index (χ0n) is 9.49. The molecular weight excluding hydrogens is 218 g/mol. The van der Waals surface area contributed by atoms with Gasteiger partial charge in [0.2, 0.25) is 5.91 Å². The van der Waals surface area contributed by atoms with Crippen LogP contribution in [0.2, 0.25) is 0 Å². The average molecular weight is 233 g/mol. The van der Waals surface area contributed by atoms with Crippen LogP contribution in [0.25, 0.3) is 10.1 Å². The second-order valence-electron chi connectivity index (χ2n) is 4.12. The lowest BCUT2D eigenvalue weighted by molar-refractivity contribution is -0.124. The molecule has 0 saturated carbocycles. The van der Waals surface area contributed by atoms with Gasteiger partial charge in [-0.1, -0.05) is 32.0 Å². The Bertz CT molecular complexity index is 468. The van der Waals surface area contributed by atoms with Gasteiger partial charge in [0.05, 0.1) is 6.54 Å². The van der Waals surface area contributed by atoms with Crippen molar-refractivity contribution >= 4 is 27.3 Å². The molecule has 0 spiro atoms. The predicted molar refractivity (Wildman–Crippen MR) is 68.5 cm³/mol.